The number of aliphatic hydroxyl groups excluding tert-OH is 1. The average molecular weight is 295 g/mol. The second kappa shape index (κ2) is 6.90. The number of rotatable bonds is 7. The predicted molar refractivity (Wildman–Crippen MR) is 82.9 cm³/mol. The van der Waals surface area contributed by atoms with Crippen LogP contribution < -0.4 is 5.32 Å². The summed E-state index contributed by atoms with van der Waals surface area (Å²) >= 11 is 1.76. The van der Waals surface area contributed by atoms with Gasteiger partial charge in [-0.3, -0.25) is 4.68 Å². The van der Waals surface area contributed by atoms with Gasteiger partial charge in [-0.15, -0.1) is 0 Å². The van der Waals surface area contributed by atoms with Gasteiger partial charge in [-0.25, -0.2) is 9.97 Å². The number of aryl methyl sites for hydroxylation is 1. The van der Waals surface area contributed by atoms with E-state index in [1.54, 1.807) is 22.6 Å². The first-order valence-corrected chi connectivity index (χ1v) is 7.85. The van der Waals surface area contributed by atoms with Crippen molar-refractivity contribution >= 4 is 28.6 Å². The van der Waals surface area contributed by atoms with Gasteiger partial charge in [-0.1, -0.05) is 6.92 Å². The van der Waals surface area contributed by atoms with E-state index in [0.29, 0.717) is 5.25 Å². The Morgan fingerprint density at radius 1 is 1.45 bits per heavy atom. The summed E-state index contributed by atoms with van der Waals surface area (Å²) in [6, 6.07) is 0. The SMILES string of the molecule is CCNc1nc(CSC(C)CCO)nc2c1cnn2C. The molecule has 0 saturated carbocycles. The van der Waals surface area contributed by atoms with Gasteiger partial charge in [0.2, 0.25) is 0 Å². The Hall–Kier alpha value is -1.34. The van der Waals surface area contributed by atoms with Crippen LogP contribution in [0.3, 0.4) is 0 Å². The van der Waals surface area contributed by atoms with Gasteiger partial charge in [0, 0.05) is 25.4 Å². The number of thioether (sulfide) groups is 1. The molecule has 0 fully saturated rings. The Balaban J connectivity index is 2.22. The maximum Gasteiger partial charge on any atom is 0.163 e. The molecule has 0 spiro atoms. The molecule has 1 unspecified atom stereocenters. The Morgan fingerprint density at radius 3 is 2.95 bits per heavy atom. The molecule has 0 radical (unpaired) electrons. The highest BCUT2D eigenvalue weighted by atomic mass is 32.2. The molecule has 2 aromatic heterocycles. The molecule has 0 saturated heterocycles. The summed E-state index contributed by atoms with van der Waals surface area (Å²) in [7, 11) is 1.89. The van der Waals surface area contributed by atoms with Crippen molar-refractivity contribution < 1.29 is 5.11 Å². The number of nitrogens with one attached hydrogen (secondary N) is 1. The Morgan fingerprint density at radius 2 is 2.25 bits per heavy atom. The van der Waals surface area contributed by atoms with Crippen LogP contribution >= 0.6 is 11.8 Å². The molecule has 0 aliphatic carbocycles. The van der Waals surface area contributed by atoms with Crippen LogP contribution in [-0.4, -0.2) is 43.3 Å². The standard InChI is InChI=1S/C13H21N5OS/c1-4-14-12-10-7-15-18(3)13(10)17-11(16-12)8-20-9(2)5-6-19/h7,9,19H,4-6,8H2,1-3H3,(H,14,16,17). The molecule has 0 amide bonds. The van der Waals surface area contributed by atoms with Crippen LogP contribution in [0.1, 0.15) is 26.1 Å². The van der Waals surface area contributed by atoms with Crippen molar-refractivity contribution in [3.8, 4) is 0 Å². The summed E-state index contributed by atoms with van der Waals surface area (Å²) in [6.45, 7) is 5.18. The summed E-state index contributed by atoms with van der Waals surface area (Å²) in [5.74, 6) is 2.38. The number of anilines is 1. The smallest absolute Gasteiger partial charge is 0.163 e. The van der Waals surface area contributed by atoms with Crippen molar-refractivity contribution in [2.45, 2.75) is 31.3 Å². The monoisotopic (exact) mass is 295 g/mol. The van der Waals surface area contributed by atoms with E-state index in [2.05, 4.69) is 27.3 Å². The van der Waals surface area contributed by atoms with Gasteiger partial charge >= 0.3 is 0 Å². The highest BCUT2D eigenvalue weighted by Crippen LogP contribution is 2.23. The summed E-state index contributed by atoms with van der Waals surface area (Å²) < 4.78 is 1.77. The van der Waals surface area contributed by atoms with Crippen molar-refractivity contribution in [1.29, 1.82) is 0 Å². The van der Waals surface area contributed by atoms with Crippen molar-refractivity contribution in [3.63, 3.8) is 0 Å². The maximum atomic E-state index is 8.93. The molecule has 2 N–H and O–H groups in total. The van der Waals surface area contributed by atoms with Crippen molar-refractivity contribution in [2.24, 2.45) is 7.05 Å². The zero-order valence-electron chi connectivity index (χ0n) is 12.1. The van der Waals surface area contributed by atoms with Gasteiger partial charge in [-0.2, -0.15) is 16.9 Å². The number of fused-ring (bicyclic) bond motifs is 1. The molecule has 0 aromatic carbocycles. The topological polar surface area (TPSA) is 75.9 Å². The summed E-state index contributed by atoms with van der Waals surface area (Å²) in [4.78, 5) is 9.15. The second-order valence-corrected chi connectivity index (χ2v) is 6.08. The van der Waals surface area contributed by atoms with E-state index in [4.69, 9.17) is 5.11 Å². The molecular formula is C13H21N5OS. The van der Waals surface area contributed by atoms with E-state index in [9.17, 15) is 0 Å². The Labute approximate surface area is 123 Å². The van der Waals surface area contributed by atoms with E-state index in [0.717, 1.165) is 41.4 Å². The second-order valence-electron chi connectivity index (χ2n) is 4.66. The minimum Gasteiger partial charge on any atom is -0.396 e. The first kappa shape index (κ1) is 15.1. The number of nitrogens with zero attached hydrogens (tertiary/aromatic N) is 4. The third kappa shape index (κ3) is 3.40. The largest absolute Gasteiger partial charge is 0.396 e. The van der Waals surface area contributed by atoms with Crippen LogP contribution in [0.2, 0.25) is 0 Å². The van der Waals surface area contributed by atoms with E-state index >= 15 is 0 Å². The van der Waals surface area contributed by atoms with Crippen molar-refractivity contribution in [1.82, 2.24) is 19.7 Å². The maximum absolute atomic E-state index is 8.93. The van der Waals surface area contributed by atoms with Crippen LogP contribution in [-0.2, 0) is 12.8 Å². The molecule has 7 heteroatoms. The third-order valence-corrected chi connectivity index (χ3v) is 4.24. The number of hydrogen-bond acceptors (Lipinski definition) is 6. The highest BCUT2D eigenvalue weighted by Gasteiger charge is 2.12. The molecular weight excluding hydrogens is 274 g/mol. The van der Waals surface area contributed by atoms with Gasteiger partial charge in [0.25, 0.3) is 0 Å². The average Bonchev–Trinajstić information content (AvgIpc) is 2.79. The molecule has 20 heavy (non-hydrogen) atoms. The Kier molecular flexibility index (Phi) is 5.19. The molecule has 2 heterocycles. The van der Waals surface area contributed by atoms with E-state index < -0.39 is 0 Å². The summed E-state index contributed by atoms with van der Waals surface area (Å²) in [5, 5.41) is 17.8. The van der Waals surface area contributed by atoms with E-state index in [1.807, 2.05) is 14.0 Å². The van der Waals surface area contributed by atoms with Gasteiger partial charge in [0.05, 0.1) is 17.3 Å². The summed E-state index contributed by atoms with van der Waals surface area (Å²) in [5.41, 5.74) is 0.848. The number of hydrogen-bond donors (Lipinski definition) is 2. The lowest BCUT2D eigenvalue weighted by Crippen LogP contribution is -2.06. The van der Waals surface area contributed by atoms with Gasteiger partial charge in [0.1, 0.15) is 11.6 Å². The molecule has 6 nitrogen and oxygen atoms in total. The zero-order valence-corrected chi connectivity index (χ0v) is 12.9. The van der Waals surface area contributed by atoms with Gasteiger partial charge < -0.3 is 10.4 Å². The Bertz CT molecular complexity index is 571. The quantitative estimate of drug-likeness (QED) is 0.811. The molecule has 0 bridgehead atoms. The van der Waals surface area contributed by atoms with Crippen LogP contribution in [0.25, 0.3) is 11.0 Å². The normalized spacial score (nSPS) is 12.8. The molecule has 0 aliphatic heterocycles. The minimum atomic E-state index is 0.221. The molecule has 0 aliphatic rings. The number of aliphatic hydroxyl groups is 1. The van der Waals surface area contributed by atoms with E-state index in [1.165, 1.54) is 0 Å². The molecule has 2 rings (SSSR count). The first-order valence-electron chi connectivity index (χ1n) is 6.80. The van der Waals surface area contributed by atoms with Crippen LogP contribution in [0.5, 0.6) is 0 Å². The fourth-order valence-corrected chi connectivity index (χ4v) is 2.75. The van der Waals surface area contributed by atoms with E-state index in [-0.39, 0.29) is 6.61 Å². The van der Waals surface area contributed by atoms with Crippen LogP contribution in [0.4, 0.5) is 5.82 Å². The summed E-state index contributed by atoms with van der Waals surface area (Å²) in [6.07, 6.45) is 2.58. The van der Waals surface area contributed by atoms with Gasteiger partial charge in [0.15, 0.2) is 5.65 Å². The number of aromatic nitrogens is 4. The minimum absolute atomic E-state index is 0.221. The lowest BCUT2D eigenvalue weighted by molar-refractivity contribution is 0.289. The third-order valence-electron chi connectivity index (χ3n) is 3.02. The van der Waals surface area contributed by atoms with Crippen molar-refractivity contribution in [2.75, 3.05) is 18.5 Å². The molecule has 2 aromatic rings. The molecule has 110 valence electrons. The predicted octanol–water partition coefficient (Wildman–Crippen LogP) is 1.80. The van der Waals surface area contributed by atoms with Crippen LogP contribution in [0, 0.1) is 0 Å². The zero-order chi connectivity index (χ0) is 14.5. The highest BCUT2D eigenvalue weighted by molar-refractivity contribution is 7.99. The van der Waals surface area contributed by atoms with Crippen LogP contribution in [0.15, 0.2) is 6.20 Å². The first-order chi connectivity index (χ1) is 9.65. The van der Waals surface area contributed by atoms with Gasteiger partial charge in [-0.05, 0) is 13.3 Å². The van der Waals surface area contributed by atoms with Crippen molar-refractivity contribution in [3.05, 3.63) is 12.0 Å². The lowest BCUT2D eigenvalue weighted by Gasteiger charge is -2.10. The lowest BCUT2D eigenvalue weighted by atomic mass is 10.3. The fourth-order valence-electron chi connectivity index (χ4n) is 1.92. The molecule has 1 atom stereocenters. The fraction of sp³-hybridized carbons (Fsp3) is 0.615.